The second kappa shape index (κ2) is 13.0. The molecule has 2 heteroatoms. The molecule has 0 spiro atoms. The Hall–Kier alpha value is -7.52. The summed E-state index contributed by atoms with van der Waals surface area (Å²) in [6.45, 7) is 0. The molecule has 0 aliphatic carbocycles. The molecule has 13 aromatic rings. The lowest BCUT2D eigenvalue weighted by Crippen LogP contribution is -2.10. The average molecular weight is 778 g/mol. The number of rotatable bonds is 4. The van der Waals surface area contributed by atoms with Gasteiger partial charge in [0.2, 0.25) is 0 Å². The molecule has 60 heavy (non-hydrogen) atoms. The van der Waals surface area contributed by atoms with Crippen molar-refractivity contribution in [1.29, 1.82) is 0 Å². The van der Waals surface area contributed by atoms with E-state index >= 15 is 0 Å². The zero-order valence-electron chi connectivity index (χ0n) is 32.6. The van der Waals surface area contributed by atoms with Crippen molar-refractivity contribution in [3.05, 3.63) is 212 Å². The van der Waals surface area contributed by atoms with Crippen LogP contribution >= 0.6 is 11.3 Å². The predicted octanol–water partition coefficient (Wildman–Crippen LogP) is 17.3. The Kier molecular flexibility index (Phi) is 7.24. The van der Waals surface area contributed by atoms with Gasteiger partial charge in [-0.3, -0.25) is 0 Å². The van der Waals surface area contributed by atoms with E-state index < -0.39 is 0 Å². The van der Waals surface area contributed by atoms with Crippen LogP contribution in [-0.4, -0.2) is 0 Å². The summed E-state index contributed by atoms with van der Waals surface area (Å²) in [6.07, 6.45) is 0. The Morgan fingerprint density at radius 2 is 0.833 bits per heavy atom. The summed E-state index contributed by atoms with van der Waals surface area (Å²) in [6, 6.07) is 79.0. The topological polar surface area (TPSA) is 3.24 Å². The number of benzene rings is 12. The van der Waals surface area contributed by atoms with Gasteiger partial charge in [-0.2, -0.15) is 0 Å². The van der Waals surface area contributed by atoms with Crippen LogP contribution in [0.1, 0.15) is 0 Å². The molecule has 0 bridgehead atoms. The molecule has 278 valence electrons. The van der Waals surface area contributed by atoms with Gasteiger partial charge in [-0.25, -0.2) is 0 Å². The number of hydrogen-bond donors (Lipinski definition) is 0. The van der Waals surface area contributed by atoms with Gasteiger partial charge in [0, 0.05) is 26.8 Å². The summed E-state index contributed by atoms with van der Waals surface area (Å²) >= 11 is 1.89. The van der Waals surface area contributed by atoms with Gasteiger partial charge in [-0.15, -0.1) is 11.3 Å². The average Bonchev–Trinajstić information content (AvgIpc) is 3.68. The van der Waals surface area contributed by atoms with E-state index in [1.165, 1.54) is 112 Å². The Bertz CT molecular complexity index is 3880. The zero-order chi connectivity index (χ0) is 39.3. The fourth-order valence-electron chi connectivity index (χ4n) is 9.94. The third-order valence-electron chi connectivity index (χ3n) is 12.7. The Balaban J connectivity index is 1.07. The molecule has 0 fully saturated rings. The van der Waals surface area contributed by atoms with Gasteiger partial charge in [-0.05, 0) is 141 Å². The molecule has 0 aliphatic heterocycles. The van der Waals surface area contributed by atoms with Gasteiger partial charge < -0.3 is 4.90 Å². The molecule has 1 heterocycles. The van der Waals surface area contributed by atoms with Gasteiger partial charge in [0.05, 0.1) is 10.4 Å². The van der Waals surface area contributed by atoms with Crippen molar-refractivity contribution in [3.63, 3.8) is 0 Å². The fourth-order valence-corrected chi connectivity index (χ4v) is 11.2. The summed E-state index contributed by atoms with van der Waals surface area (Å²) in [4.78, 5) is 2.50. The summed E-state index contributed by atoms with van der Waals surface area (Å²) < 4.78 is 2.58. The van der Waals surface area contributed by atoms with Crippen molar-refractivity contribution in [3.8, 4) is 11.1 Å². The highest BCUT2D eigenvalue weighted by molar-refractivity contribution is 7.26. The summed E-state index contributed by atoms with van der Waals surface area (Å²) in [5.41, 5.74) is 5.91. The summed E-state index contributed by atoms with van der Waals surface area (Å²) in [7, 11) is 0. The lowest BCUT2D eigenvalue weighted by Gasteiger charge is -2.27. The minimum atomic E-state index is 1.13. The van der Waals surface area contributed by atoms with Crippen LogP contribution in [0.25, 0.3) is 107 Å². The maximum Gasteiger partial charge on any atom is 0.0640 e. The Morgan fingerprint density at radius 3 is 1.58 bits per heavy atom. The predicted molar refractivity (Wildman–Crippen MR) is 262 cm³/mol. The van der Waals surface area contributed by atoms with Gasteiger partial charge in [0.15, 0.2) is 0 Å². The van der Waals surface area contributed by atoms with Crippen molar-refractivity contribution >= 4 is 124 Å². The second-order valence-electron chi connectivity index (χ2n) is 16.0. The van der Waals surface area contributed by atoms with Crippen LogP contribution < -0.4 is 4.90 Å². The van der Waals surface area contributed by atoms with E-state index in [0.717, 1.165) is 11.4 Å². The smallest absolute Gasteiger partial charge is 0.0640 e. The highest BCUT2D eigenvalue weighted by Crippen LogP contribution is 2.48. The quantitative estimate of drug-likeness (QED) is 0.161. The molecule has 13 rings (SSSR count). The molecule has 1 aromatic heterocycles. The SMILES string of the molecule is c1ccc2cc3c(cc2c1)sc1c(N(c2ccc4ccc(-c5cc6ccccc6c6ccccc56)cc4c2)c2ccc4c5ccccc5c5ccccc5c4c2)cccc13. The molecule has 0 unspecified atom stereocenters. The first kappa shape index (κ1) is 33.5. The maximum absolute atomic E-state index is 2.50. The lowest BCUT2D eigenvalue weighted by atomic mass is 9.92. The van der Waals surface area contributed by atoms with Crippen molar-refractivity contribution in [2.24, 2.45) is 0 Å². The third-order valence-corrected chi connectivity index (χ3v) is 13.9. The summed E-state index contributed by atoms with van der Waals surface area (Å²) in [5.74, 6) is 0. The minimum Gasteiger partial charge on any atom is -0.309 e. The van der Waals surface area contributed by atoms with E-state index in [0.29, 0.717) is 0 Å². The van der Waals surface area contributed by atoms with Gasteiger partial charge in [-0.1, -0.05) is 158 Å². The number of fused-ring (bicyclic) bond motifs is 14. The highest BCUT2D eigenvalue weighted by atomic mass is 32.1. The highest BCUT2D eigenvalue weighted by Gasteiger charge is 2.21. The van der Waals surface area contributed by atoms with Crippen molar-refractivity contribution in [1.82, 2.24) is 0 Å². The molecular weight excluding hydrogens is 743 g/mol. The Morgan fingerprint density at radius 1 is 0.283 bits per heavy atom. The van der Waals surface area contributed by atoms with E-state index in [1.807, 2.05) is 11.3 Å². The first-order valence-electron chi connectivity index (χ1n) is 20.7. The molecule has 0 aliphatic rings. The molecule has 0 radical (unpaired) electrons. The van der Waals surface area contributed by atoms with E-state index in [2.05, 4.69) is 217 Å². The van der Waals surface area contributed by atoms with Gasteiger partial charge in [0.1, 0.15) is 0 Å². The Labute approximate surface area is 350 Å². The normalized spacial score (nSPS) is 12.0. The minimum absolute atomic E-state index is 1.13. The molecule has 0 atom stereocenters. The van der Waals surface area contributed by atoms with E-state index in [1.54, 1.807) is 0 Å². The first-order valence-corrected chi connectivity index (χ1v) is 21.5. The number of nitrogens with zero attached hydrogens (tertiary/aromatic N) is 1. The molecule has 0 amide bonds. The number of anilines is 3. The summed E-state index contributed by atoms with van der Waals surface area (Å²) in [5, 5.41) is 20.3. The van der Waals surface area contributed by atoms with Crippen molar-refractivity contribution in [2.45, 2.75) is 0 Å². The lowest BCUT2D eigenvalue weighted by molar-refractivity contribution is 1.31. The van der Waals surface area contributed by atoms with Crippen LogP contribution in [0, 0.1) is 0 Å². The van der Waals surface area contributed by atoms with Gasteiger partial charge in [0.25, 0.3) is 0 Å². The fraction of sp³-hybridized carbons (Fsp3) is 0. The third kappa shape index (κ3) is 5.05. The van der Waals surface area contributed by atoms with Crippen molar-refractivity contribution in [2.75, 3.05) is 4.90 Å². The van der Waals surface area contributed by atoms with Crippen LogP contribution in [0.4, 0.5) is 17.1 Å². The molecule has 1 nitrogen and oxygen atoms in total. The number of thiophene rings is 1. The molecule has 12 aromatic carbocycles. The zero-order valence-corrected chi connectivity index (χ0v) is 33.4. The van der Waals surface area contributed by atoms with Crippen molar-refractivity contribution < 1.29 is 0 Å². The van der Waals surface area contributed by atoms with Crippen LogP contribution in [-0.2, 0) is 0 Å². The van der Waals surface area contributed by atoms with Crippen LogP contribution in [0.2, 0.25) is 0 Å². The van der Waals surface area contributed by atoms with Crippen LogP contribution in [0.3, 0.4) is 0 Å². The first-order chi connectivity index (χ1) is 29.7. The maximum atomic E-state index is 2.50. The molecule has 0 saturated heterocycles. The van der Waals surface area contributed by atoms with Crippen LogP contribution in [0.5, 0.6) is 0 Å². The largest absolute Gasteiger partial charge is 0.309 e. The van der Waals surface area contributed by atoms with Crippen LogP contribution in [0.15, 0.2) is 212 Å². The monoisotopic (exact) mass is 777 g/mol. The molecule has 0 N–H and O–H groups in total. The molecular formula is C58H35NS. The number of hydrogen-bond acceptors (Lipinski definition) is 2. The van der Waals surface area contributed by atoms with Gasteiger partial charge >= 0.3 is 0 Å². The standard InChI is InChI=1S/C58H35NS/c1-2-13-38-34-57-55(32-37(38)12-1)52-22-11-23-56(58(52)60-57)59(43-28-29-51-48-19-7-6-17-46(48)47-18-8-10-21-50(47)54(51)35-43)42-27-26-36-24-25-40(30-41(36)31-42)53-33-39-14-3-4-15-44(39)45-16-5-9-20-49(45)53/h1-35H. The molecule has 0 saturated carbocycles. The second-order valence-corrected chi connectivity index (χ2v) is 17.1. The van der Waals surface area contributed by atoms with E-state index in [4.69, 9.17) is 0 Å². The van der Waals surface area contributed by atoms with E-state index in [9.17, 15) is 0 Å². The van der Waals surface area contributed by atoms with E-state index in [-0.39, 0.29) is 0 Å².